The van der Waals surface area contributed by atoms with Crippen LogP contribution in [0, 0.1) is 14.9 Å². The van der Waals surface area contributed by atoms with Crippen LogP contribution in [0.5, 0.6) is 11.5 Å². The number of hydrogen-bond acceptors (Lipinski definition) is 4. The van der Waals surface area contributed by atoms with Gasteiger partial charge >= 0.3 is 0 Å². The first kappa shape index (κ1) is 18.3. The zero-order chi connectivity index (χ0) is 18.5. The van der Waals surface area contributed by atoms with E-state index in [-0.39, 0.29) is 0 Å². The third-order valence-electron chi connectivity index (χ3n) is 3.70. The number of imidazole rings is 1. The van der Waals surface area contributed by atoms with Gasteiger partial charge in [-0.2, -0.15) is 5.26 Å². The molecule has 0 atom stereocenters. The van der Waals surface area contributed by atoms with E-state index in [9.17, 15) is 5.26 Å². The second-order valence-electron chi connectivity index (χ2n) is 5.47. The van der Waals surface area contributed by atoms with Crippen LogP contribution in [0.3, 0.4) is 0 Å². The second-order valence-corrected chi connectivity index (χ2v) is 6.63. The lowest BCUT2D eigenvalue weighted by Crippen LogP contribution is -2.01. The molecule has 3 aromatic rings. The van der Waals surface area contributed by atoms with E-state index in [1.807, 2.05) is 50.2 Å². The summed E-state index contributed by atoms with van der Waals surface area (Å²) in [5.74, 6) is 1.96. The minimum absolute atomic E-state index is 0.462. The van der Waals surface area contributed by atoms with Gasteiger partial charge in [-0.05, 0) is 72.3 Å². The van der Waals surface area contributed by atoms with Crippen molar-refractivity contribution in [2.24, 2.45) is 0 Å². The standard InChI is InChI=1S/C20H18IN3O2/c1-3-25-18-11-13(10-15(21)19(18)26-4-2)9-14(12-22)20-23-16-7-5-6-8-17(16)24-20/h5-11H,3-4H2,1-2H3,(H,23,24)/b14-9+. The van der Waals surface area contributed by atoms with Gasteiger partial charge in [0.2, 0.25) is 0 Å². The molecular formula is C20H18IN3O2. The Morgan fingerprint density at radius 3 is 2.69 bits per heavy atom. The van der Waals surface area contributed by atoms with E-state index in [1.165, 1.54) is 0 Å². The van der Waals surface area contributed by atoms with E-state index in [4.69, 9.17) is 9.47 Å². The molecular weight excluding hydrogens is 441 g/mol. The quantitative estimate of drug-likeness (QED) is 0.415. The third kappa shape index (κ3) is 3.83. The number of aromatic amines is 1. The van der Waals surface area contributed by atoms with Crippen molar-refractivity contribution in [1.29, 1.82) is 5.26 Å². The van der Waals surface area contributed by atoms with Gasteiger partial charge in [-0.15, -0.1) is 0 Å². The van der Waals surface area contributed by atoms with Crippen LogP contribution in [0.4, 0.5) is 0 Å². The van der Waals surface area contributed by atoms with Crippen molar-refractivity contribution in [3.05, 3.63) is 51.4 Å². The van der Waals surface area contributed by atoms with Crippen LogP contribution < -0.4 is 9.47 Å². The van der Waals surface area contributed by atoms with E-state index in [0.29, 0.717) is 30.4 Å². The number of nitrogens with zero attached hydrogens (tertiary/aromatic N) is 2. The summed E-state index contributed by atoms with van der Waals surface area (Å²) < 4.78 is 12.3. The number of ether oxygens (including phenoxy) is 2. The highest BCUT2D eigenvalue weighted by Crippen LogP contribution is 2.35. The molecule has 3 rings (SSSR count). The number of H-pyrrole nitrogens is 1. The lowest BCUT2D eigenvalue weighted by Gasteiger charge is -2.13. The van der Waals surface area contributed by atoms with Crippen LogP contribution in [0.25, 0.3) is 22.7 Å². The molecule has 0 amide bonds. The number of hydrogen-bond donors (Lipinski definition) is 1. The SMILES string of the molecule is CCOc1cc(/C=C(\C#N)c2nc3ccccc3[nH]2)cc(I)c1OCC. The van der Waals surface area contributed by atoms with Crippen LogP contribution in [0.2, 0.25) is 0 Å². The fourth-order valence-electron chi connectivity index (χ4n) is 2.62. The molecule has 0 fully saturated rings. The van der Waals surface area contributed by atoms with Gasteiger partial charge in [0.25, 0.3) is 0 Å². The maximum atomic E-state index is 9.61. The highest BCUT2D eigenvalue weighted by Gasteiger charge is 2.13. The third-order valence-corrected chi connectivity index (χ3v) is 4.50. The average Bonchev–Trinajstić information content (AvgIpc) is 3.06. The molecule has 1 aromatic heterocycles. The van der Waals surface area contributed by atoms with Gasteiger partial charge in [-0.3, -0.25) is 0 Å². The molecule has 26 heavy (non-hydrogen) atoms. The fraction of sp³-hybridized carbons (Fsp3) is 0.200. The summed E-state index contributed by atoms with van der Waals surface area (Å²) in [7, 11) is 0. The molecule has 0 saturated heterocycles. The Morgan fingerprint density at radius 1 is 1.23 bits per heavy atom. The first-order valence-electron chi connectivity index (χ1n) is 8.32. The van der Waals surface area contributed by atoms with Crippen molar-refractivity contribution in [1.82, 2.24) is 9.97 Å². The van der Waals surface area contributed by atoms with Gasteiger partial charge < -0.3 is 14.5 Å². The molecule has 0 aliphatic rings. The number of nitrogens with one attached hydrogen (secondary N) is 1. The minimum atomic E-state index is 0.462. The van der Waals surface area contributed by atoms with Crippen molar-refractivity contribution in [3.63, 3.8) is 0 Å². The number of allylic oxidation sites excluding steroid dienone is 1. The molecule has 2 aromatic carbocycles. The van der Waals surface area contributed by atoms with Crippen molar-refractivity contribution < 1.29 is 9.47 Å². The zero-order valence-corrected chi connectivity index (χ0v) is 16.7. The molecule has 132 valence electrons. The number of benzene rings is 2. The summed E-state index contributed by atoms with van der Waals surface area (Å²) in [5, 5.41) is 9.61. The molecule has 0 saturated carbocycles. The van der Waals surface area contributed by atoms with Gasteiger partial charge in [0, 0.05) is 0 Å². The predicted molar refractivity (Wildman–Crippen MR) is 111 cm³/mol. The normalized spacial score (nSPS) is 11.4. The first-order chi connectivity index (χ1) is 12.7. The molecule has 5 nitrogen and oxygen atoms in total. The lowest BCUT2D eigenvalue weighted by molar-refractivity contribution is 0.286. The molecule has 0 spiro atoms. The second kappa shape index (κ2) is 8.23. The largest absolute Gasteiger partial charge is 0.490 e. The fourth-order valence-corrected chi connectivity index (χ4v) is 3.40. The Balaban J connectivity index is 2.05. The maximum absolute atomic E-state index is 9.61. The Labute approximate surface area is 165 Å². The number of fused-ring (bicyclic) bond motifs is 1. The van der Waals surface area contributed by atoms with Crippen molar-refractivity contribution >= 4 is 45.3 Å². The highest BCUT2D eigenvalue weighted by molar-refractivity contribution is 14.1. The van der Waals surface area contributed by atoms with Crippen LogP contribution in [-0.2, 0) is 0 Å². The minimum Gasteiger partial charge on any atom is -0.490 e. The van der Waals surface area contributed by atoms with E-state index < -0.39 is 0 Å². The summed E-state index contributed by atoms with van der Waals surface area (Å²) in [6, 6.07) is 13.8. The summed E-state index contributed by atoms with van der Waals surface area (Å²) in [6.07, 6.45) is 1.80. The van der Waals surface area contributed by atoms with Crippen LogP contribution in [0.1, 0.15) is 25.2 Å². The number of rotatable bonds is 6. The summed E-state index contributed by atoms with van der Waals surface area (Å²) >= 11 is 2.22. The maximum Gasteiger partial charge on any atom is 0.174 e. The average molecular weight is 459 g/mol. The first-order valence-corrected chi connectivity index (χ1v) is 9.40. The van der Waals surface area contributed by atoms with Gasteiger partial charge in [0.05, 0.1) is 33.4 Å². The van der Waals surface area contributed by atoms with E-state index in [1.54, 1.807) is 6.08 Å². The molecule has 0 aliphatic carbocycles. The molecule has 0 aliphatic heterocycles. The number of halogens is 1. The number of para-hydroxylation sites is 2. The molecule has 1 heterocycles. The monoisotopic (exact) mass is 459 g/mol. The topological polar surface area (TPSA) is 70.9 Å². The van der Waals surface area contributed by atoms with Gasteiger partial charge in [0.15, 0.2) is 11.5 Å². The number of nitriles is 1. The molecule has 6 heteroatoms. The lowest BCUT2D eigenvalue weighted by atomic mass is 10.1. The Morgan fingerprint density at radius 2 is 2.00 bits per heavy atom. The predicted octanol–water partition coefficient (Wildman–Crippen LogP) is 5.03. The Bertz CT molecular complexity index is 969. The van der Waals surface area contributed by atoms with Crippen LogP contribution in [0.15, 0.2) is 36.4 Å². The number of aromatic nitrogens is 2. The van der Waals surface area contributed by atoms with Gasteiger partial charge in [0.1, 0.15) is 11.9 Å². The van der Waals surface area contributed by atoms with Crippen LogP contribution in [-0.4, -0.2) is 23.2 Å². The van der Waals surface area contributed by atoms with Crippen molar-refractivity contribution in [2.75, 3.05) is 13.2 Å². The summed E-state index contributed by atoms with van der Waals surface area (Å²) in [5.41, 5.74) is 3.06. The Hall–Kier alpha value is -2.53. The zero-order valence-electron chi connectivity index (χ0n) is 14.5. The summed E-state index contributed by atoms with van der Waals surface area (Å²) in [4.78, 5) is 7.70. The molecule has 0 bridgehead atoms. The Kier molecular flexibility index (Phi) is 5.78. The van der Waals surface area contributed by atoms with Crippen LogP contribution >= 0.6 is 22.6 Å². The van der Waals surface area contributed by atoms with E-state index >= 15 is 0 Å². The van der Waals surface area contributed by atoms with Gasteiger partial charge in [-0.25, -0.2) is 4.98 Å². The summed E-state index contributed by atoms with van der Waals surface area (Å²) in [6.45, 7) is 4.97. The van der Waals surface area contributed by atoms with E-state index in [2.05, 4.69) is 38.6 Å². The smallest absolute Gasteiger partial charge is 0.174 e. The van der Waals surface area contributed by atoms with Crippen molar-refractivity contribution in [2.45, 2.75) is 13.8 Å². The molecule has 0 radical (unpaired) electrons. The molecule has 0 unspecified atom stereocenters. The molecule has 1 N–H and O–H groups in total. The van der Waals surface area contributed by atoms with E-state index in [0.717, 1.165) is 25.9 Å². The van der Waals surface area contributed by atoms with Gasteiger partial charge in [-0.1, -0.05) is 12.1 Å². The highest BCUT2D eigenvalue weighted by atomic mass is 127. The van der Waals surface area contributed by atoms with Crippen molar-refractivity contribution in [3.8, 4) is 17.6 Å².